The van der Waals surface area contributed by atoms with E-state index in [-0.39, 0.29) is 5.92 Å². The van der Waals surface area contributed by atoms with Crippen LogP contribution in [0.5, 0.6) is 0 Å². The van der Waals surface area contributed by atoms with Crippen LogP contribution >= 0.6 is 0 Å². The number of hydrogen-bond donors (Lipinski definition) is 0. The second-order valence-electron chi connectivity index (χ2n) is 12.3. The lowest BCUT2D eigenvalue weighted by molar-refractivity contribution is 0.938. The van der Waals surface area contributed by atoms with Gasteiger partial charge >= 0.3 is 0 Å². The van der Waals surface area contributed by atoms with Gasteiger partial charge in [-0.3, -0.25) is 0 Å². The van der Waals surface area contributed by atoms with Crippen molar-refractivity contribution in [2.75, 3.05) is 0 Å². The van der Waals surface area contributed by atoms with Crippen LogP contribution in [0.1, 0.15) is 26.3 Å². The van der Waals surface area contributed by atoms with E-state index in [1.54, 1.807) is 0 Å². The lowest BCUT2D eigenvalue weighted by Crippen LogP contribution is -2.06. The van der Waals surface area contributed by atoms with Gasteiger partial charge in [0.2, 0.25) is 0 Å². The summed E-state index contributed by atoms with van der Waals surface area (Å²) in [6.07, 6.45) is 19.1. The fourth-order valence-corrected chi connectivity index (χ4v) is 5.98. The Balaban J connectivity index is 1.67. The Bertz CT molecular complexity index is 2190. The SMILES string of the molecule is C=C1C=CC(C)/C=C\C(=C)C(/C(C)=C/C=C(\C)c2c(=C)ccccc(=C)c(-c3ccc(-c4ccccc4)cc3)c3ccccc23)=C\C=C/1. The van der Waals surface area contributed by atoms with Crippen LogP contribution in [-0.4, -0.2) is 0 Å². The molecule has 5 rings (SSSR count). The van der Waals surface area contributed by atoms with Crippen LogP contribution in [0.15, 0.2) is 193 Å². The number of allylic oxidation sites excluding steroid dienone is 14. The van der Waals surface area contributed by atoms with Gasteiger partial charge < -0.3 is 0 Å². The maximum Gasteiger partial charge on any atom is -0.00386 e. The minimum atomic E-state index is 0.287. The van der Waals surface area contributed by atoms with Gasteiger partial charge in [0.15, 0.2) is 0 Å². The van der Waals surface area contributed by atoms with Gasteiger partial charge in [-0.25, -0.2) is 0 Å². The van der Waals surface area contributed by atoms with Crippen molar-refractivity contribution in [1.82, 2.24) is 0 Å². The summed E-state index contributed by atoms with van der Waals surface area (Å²) in [6, 6.07) is 36.1. The molecule has 1 aliphatic rings. The molecule has 0 bridgehead atoms. The van der Waals surface area contributed by atoms with Crippen molar-refractivity contribution in [1.29, 1.82) is 0 Å². The Morgan fingerprint density at radius 2 is 1.12 bits per heavy atom. The minimum Gasteiger partial charge on any atom is -0.0918 e. The summed E-state index contributed by atoms with van der Waals surface area (Å²) in [7, 11) is 0. The van der Waals surface area contributed by atoms with Gasteiger partial charge in [-0.1, -0.05) is 191 Å². The molecule has 0 aromatic heterocycles. The summed E-state index contributed by atoms with van der Waals surface area (Å²) in [5, 5.41) is 4.14. The van der Waals surface area contributed by atoms with Crippen molar-refractivity contribution >= 4 is 29.5 Å². The molecule has 0 aliphatic heterocycles. The Labute approximate surface area is 286 Å². The standard InChI is InChI=1S/C48H44/c1-34-16-15-23-44(36(3)27-26-35(2)25-24-34)37(4)28-29-40(7)47-38(5)17-11-12-18-39(6)48(46-22-14-13-21-45(46)47)43-32-30-42(31-33-43)41-19-9-8-10-20-41/h8-33,35H,1,3,5-6H2,2,4,7H3/b16-15-,17-11?,18-12?,25-24?,27-26-,37-28+,40-29+,44-23+,47-45?,48-46?. The molecular formula is C48H44. The summed E-state index contributed by atoms with van der Waals surface area (Å²) < 4.78 is 0. The van der Waals surface area contributed by atoms with E-state index in [1.165, 1.54) is 11.1 Å². The first-order chi connectivity index (χ1) is 23.2. The van der Waals surface area contributed by atoms with Crippen LogP contribution in [-0.2, 0) is 0 Å². The summed E-state index contributed by atoms with van der Waals surface area (Å²) >= 11 is 0. The smallest absolute Gasteiger partial charge is 0.00386 e. The molecular weight excluding hydrogens is 577 g/mol. The van der Waals surface area contributed by atoms with Gasteiger partial charge in [0, 0.05) is 0 Å². The van der Waals surface area contributed by atoms with Crippen LogP contribution in [0.25, 0.3) is 51.8 Å². The van der Waals surface area contributed by atoms with Gasteiger partial charge in [-0.2, -0.15) is 0 Å². The Morgan fingerprint density at radius 3 is 1.85 bits per heavy atom. The fourth-order valence-electron chi connectivity index (χ4n) is 5.98. The van der Waals surface area contributed by atoms with E-state index in [1.807, 2.05) is 30.4 Å². The van der Waals surface area contributed by atoms with E-state index in [2.05, 4.69) is 175 Å². The van der Waals surface area contributed by atoms with Crippen molar-refractivity contribution in [2.45, 2.75) is 20.8 Å². The monoisotopic (exact) mass is 620 g/mol. The quantitative estimate of drug-likeness (QED) is 0.195. The number of rotatable bonds is 5. The molecule has 0 fully saturated rings. The van der Waals surface area contributed by atoms with Crippen LogP contribution in [0, 0.1) is 5.92 Å². The number of hydrogen-bond acceptors (Lipinski definition) is 0. The van der Waals surface area contributed by atoms with E-state index in [4.69, 9.17) is 0 Å². The molecule has 0 N–H and O–H groups in total. The van der Waals surface area contributed by atoms with Crippen molar-refractivity contribution in [3.63, 3.8) is 0 Å². The second kappa shape index (κ2) is 15.7. The van der Waals surface area contributed by atoms with Crippen LogP contribution in [0.2, 0.25) is 0 Å². The molecule has 0 saturated heterocycles. The van der Waals surface area contributed by atoms with Crippen molar-refractivity contribution in [3.05, 3.63) is 209 Å². The third kappa shape index (κ3) is 8.16. The predicted molar refractivity (Wildman–Crippen MR) is 213 cm³/mol. The minimum absolute atomic E-state index is 0.287. The molecule has 1 unspecified atom stereocenters. The molecule has 0 heterocycles. The highest BCUT2D eigenvalue weighted by molar-refractivity contribution is 6.01. The highest BCUT2D eigenvalue weighted by Crippen LogP contribution is 2.30. The summed E-state index contributed by atoms with van der Waals surface area (Å²) in [6.45, 7) is 24.1. The third-order valence-corrected chi connectivity index (χ3v) is 8.63. The van der Waals surface area contributed by atoms with Crippen LogP contribution < -0.4 is 10.4 Å². The summed E-state index contributed by atoms with van der Waals surface area (Å²) in [4.78, 5) is 0. The van der Waals surface area contributed by atoms with E-state index in [0.29, 0.717) is 0 Å². The Kier molecular flexibility index (Phi) is 11.0. The van der Waals surface area contributed by atoms with E-state index in [9.17, 15) is 0 Å². The molecule has 0 saturated carbocycles. The van der Waals surface area contributed by atoms with E-state index >= 15 is 0 Å². The van der Waals surface area contributed by atoms with E-state index in [0.717, 1.165) is 65.8 Å². The molecule has 1 aliphatic carbocycles. The van der Waals surface area contributed by atoms with Crippen molar-refractivity contribution in [2.24, 2.45) is 5.92 Å². The lowest BCUT2D eigenvalue weighted by atomic mass is 9.92. The molecule has 0 nitrogen and oxygen atoms in total. The molecule has 0 heteroatoms. The first-order valence-electron chi connectivity index (χ1n) is 16.4. The highest BCUT2D eigenvalue weighted by Gasteiger charge is 2.09. The zero-order valence-corrected chi connectivity index (χ0v) is 28.4. The van der Waals surface area contributed by atoms with Crippen LogP contribution in [0.4, 0.5) is 0 Å². The van der Waals surface area contributed by atoms with Gasteiger partial charge in [0.05, 0.1) is 0 Å². The molecule has 0 spiro atoms. The number of fused-ring (bicyclic) bond motifs is 1. The highest BCUT2D eigenvalue weighted by atomic mass is 14.1. The largest absolute Gasteiger partial charge is 0.0918 e. The predicted octanol–water partition coefficient (Wildman–Crippen LogP) is 11.8. The third-order valence-electron chi connectivity index (χ3n) is 8.63. The van der Waals surface area contributed by atoms with Crippen molar-refractivity contribution < 1.29 is 0 Å². The number of benzene rings is 3. The summed E-state index contributed by atoms with van der Waals surface area (Å²) in [5.41, 5.74) is 11.0. The fraction of sp³-hybridized carbons (Fsp3) is 0.0833. The van der Waals surface area contributed by atoms with E-state index < -0.39 is 0 Å². The molecule has 236 valence electrons. The van der Waals surface area contributed by atoms with Gasteiger partial charge in [0.25, 0.3) is 0 Å². The molecule has 1 atom stereocenters. The van der Waals surface area contributed by atoms with Crippen molar-refractivity contribution in [3.8, 4) is 22.3 Å². The average Bonchev–Trinajstić information content (AvgIpc) is 3.12. The molecule has 48 heavy (non-hydrogen) atoms. The molecule has 4 aromatic rings. The van der Waals surface area contributed by atoms with Gasteiger partial charge in [-0.05, 0) is 96.7 Å². The first-order valence-corrected chi connectivity index (χ1v) is 16.4. The molecule has 0 radical (unpaired) electrons. The molecule has 0 amide bonds. The zero-order chi connectivity index (χ0) is 34.0. The second-order valence-corrected chi connectivity index (χ2v) is 12.3. The average molecular weight is 621 g/mol. The summed E-state index contributed by atoms with van der Waals surface area (Å²) in [5.74, 6) is 0.287. The van der Waals surface area contributed by atoms with Gasteiger partial charge in [-0.15, -0.1) is 0 Å². The van der Waals surface area contributed by atoms with Crippen LogP contribution in [0.3, 0.4) is 0 Å². The lowest BCUT2D eigenvalue weighted by Gasteiger charge is -2.12. The maximum atomic E-state index is 4.54. The first kappa shape index (κ1) is 33.6. The zero-order valence-electron chi connectivity index (χ0n) is 28.4. The molecule has 4 aromatic carbocycles. The normalized spacial score (nSPS) is 18.0. The Morgan fingerprint density at radius 1 is 0.562 bits per heavy atom. The Hall–Kier alpha value is -5.72. The topological polar surface area (TPSA) is 0 Å². The maximum absolute atomic E-state index is 4.54. The van der Waals surface area contributed by atoms with Gasteiger partial charge in [0.1, 0.15) is 0 Å².